The van der Waals surface area contributed by atoms with E-state index < -0.39 is 11.0 Å². The molecule has 17 heteroatoms. The Hall–Kier alpha value is -6.82. The predicted octanol–water partition coefficient (Wildman–Crippen LogP) is 9.51. The highest BCUT2D eigenvalue weighted by molar-refractivity contribution is 6.32. The number of aliphatic hydroxyl groups excluding tert-OH is 4. The van der Waals surface area contributed by atoms with Gasteiger partial charge in [-0.25, -0.2) is 19.3 Å². The molecule has 0 bridgehead atoms. The zero-order valence-electron chi connectivity index (χ0n) is 41.8. The summed E-state index contributed by atoms with van der Waals surface area (Å²) in [5, 5.41) is 52.5. The SMILES string of the molecule is Cc1c(COc2cc(OCc3ccc(-n4cccn4)nc3)c(CCC(C)(CO)CO)cc2Cl)cccc1-c1cccc(COc2cc(OCc3ccc(-n4cccn4)nc3)c(CNC(C)(CO)CO)cc2Cl)c1C. The van der Waals surface area contributed by atoms with Gasteiger partial charge in [-0.15, -0.1) is 0 Å². The molecule has 8 rings (SSSR count). The van der Waals surface area contributed by atoms with Crippen LogP contribution in [-0.4, -0.2) is 81.9 Å². The van der Waals surface area contributed by atoms with E-state index in [1.54, 1.807) is 59.3 Å². The topological polar surface area (TPSA) is 191 Å². The molecule has 0 aliphatic heterocycles. The number of hydrogen-bond acceptors (Lipinski definition) is 13. The molecule has 0 saturated heterocycles. The van der Waals surface area contributed by atoms with Crippen molar-refractivity contribution in [1.29, 1.82) is 0 Å². The van der Waals surface area contributed by atoms with Crippen molar-refractivity contribution >= 4 is 23.2 Å². The van der Waals surface area contributed by atoms with E-state index in [0.717, 1.165) is 50.1 Å². The van der Waals surface area contributed by atoms with Gasteiger partial charge in [0.1, 0.15) is 49.4 Å². The van der Waals surface area contributed by atoms with Gasteiger partial charge in [0.05, 0.1) is 42.0 Å². The molecule has 5 N–H and O–H groups in total. The van der Waals surface area contributed by atoms with Crippen molar-refractivity contribution in [2.24, 2.45) is 5.41 Å². The normalized spacial score (nSPS) is 11.8. The standard InChI is InChI=1S/C57H61Cl2N7O8/c1-38-43(32-73-52-25-50(42(23-48(52)58)17-18-56(3,34-67)35-68)71-30-40-13-15-54(60-27-40)65-21-7-19-63-65)9-5-11-46(38)47-12-6-10-44(39(47)2)33-74-53-26-51(45(24-49(53)59)29-62-57(4,36-69)37-70)72-31-41-14-16-55(61-28-41)66-22-8-20-64-66/h5-16,19-28,62,67-70H,17-18,29-37H2,1-4H3. The molecule has 4 aromatic heterocycles. The average molecular weight is 1040 g/mol. The molecule has 0 radical (unpaired) electrons. The molecule has 0 spiro atoms. The number of aliphatic hydroxyl groups is 4. The van der Waals surface area contributed by atoms with Crippen LogP contribution in [0.3, 0.4) is 0 Å². The molecule has 74 heavy (non-hydrogen) atoms. The van der Waals surface area contributed by atoms with Crippen molar-refractivity contribution in [2.75, 3.05) is 26.4 Å². The molecular weight excluding hydrogens is 982 g/mol. The van der Waals surface area contributed by atoms with E-state index >= 15 is 0 Å². The second-order valence-electron chi connectivity index (χ2n) is 18.9. The Morgan fingerprint density at radius 2 is 1.01 bits per heavy atom. The zero-order valence-corrected chi connectivity index (χ0v) is 43.4. The summed E-state index contributed by atoms with van der Waals surface area (Å²) < 4.78 is 29.1. The predicted molar refractivity (Wildman–Crippen MR) is 284 cm³/mol. The lowest BCUT2D eigenvalue weighted by molar-refractivity contribution is 0.0629. The number of benzene rings is 4. The fourth-order valence-corrected chi connectivity index (χ4v) is 8.55. The quantitative estimate of drug-likeness (QED) is 0.0364. The van der Waals surface area contributed by atoms with E-state index in [9.17, 15) is 20.4 Å². The molecule has 0 saturated carbocycles. The summed E-state index contributed by atoms with van der Waals surface area (Å²) in [6.45, 7) is 7.98. The Labute approximate surface area is 440 Å². The molecule has 4 heterocycles. The maximum Gasteiger partial charge on any atom is 0.153 e. The number of pyridine rings is 2. The third-order valence-electron chi connectivity index (χ3n) is 13.2. The smallest absolute Gasteiger partial charge is 0.153 e. The lowest BCUT2D eigenvalue weighted by Gasteiger charge is -2.27. The van der Waals surface area contributed by atoms with Gasteiger partial charge in [-0.3, -0.25) is 0 Å². The molecule has 0 amide bonds. The summed E-state index contributed by atoms with van der Waals surface area (Å²) in [4.78, 5) is 9.07. The molecule has 0 unspecified atom stereocenters. The Morgan fingerprint density at radius 1 is 0.541 bits per heavy atom. The van der Waals surface area contributed by atoms with Crippen LogP contribution in [-0.2, 0) is 39.4 Å². The van der Waals surface area contributed by atoms with Crippen molar-refractivity contribution in [3.8, 4) is 45.8 Å². The van der Waals surface area contributed by atoms with Gasteiger partial charge in [-0.2, -0.15) is 10.2 Å². The van der Waals surface area contributed by atoms with Crippen LogP contribution < -0.4 is 24.3 Å². The van der Waals surface area contributed by atoms with E-state index in [-0.39, 0.29) is 59.4 Å². The zero-order chi connectivity index (χ0) is 52.2. The summed E-state index contributed by atoms with van der Waals surface area (Å²) in [5.41, 5.74) is 7.67. The van der Waals surface area contributed by atoms with Gasteiger partial charge in [-0.05, 0) is 109 Å². The number of nitrogens with one attached hydrogen (secondary N) is 1. The molecule has 0 atom stereocenters. The largest absolute Gasteiger partial charge is 0.488 e. The first-order chi connectivity index (χ1) is 35.8. The molecule has 4 aromatic carbocycles. The number of aryl methyl sites for hydroxylation is 1. The van der Waals surface area contributed by atoms with Gasteiger partial charge in [0.25, 0.3) is 0 Å². The average Bonchev–Trinajstić information content (AvgIpc) is 4.18. The van der Waals surface area contributed by atoms with Gasteiger partial charge in [0.15, 0.2) is 11.6 Å². The van der Waals surface area contributed by atoms with Crippen molar-refractivity contribution in [2.45, 2.75) is 79.0 Å². The van der Waals surface area contributed by atoms with Crippen molar-refractivity contribution in [3.05, 3.63) is 189 Å². The highest BCUT2D eigenvalue weighted by Gasteiger charge is 2.25. The van der Waals surface area contributed by atoms with Gasteiger partial charge < -0.3 is 44.7 Å². The lowest BCUT2D eigenvalue weighted by Crippen LogP contribution is -2.48. The molecule has 0 aliphatic carbocycles. The molecule has 0 fully saturated rings. The first-order valence-electron chi connectivity index (χ1n) is 24.2. The second-order valence-corrected chi connectivity index (χ2v) is 19.7. The van der Waals surface area contributed by atoms with E-state index in [1.165, 1.54) is 0 Å². The van der Waals surface area contributed by atoms with Crippen LogP contribution >= 0.6 is 23.2 Å². The molecule has 15 nitrogen and oxygen atoms in total. The van der Waals surface area contributed by atoms with Crippen LogP contribution in [0.4, 0.5) is 0 Å². The minimum atomic E-state index is -0.930. The Bertz CT molecular complexity index is 2880. The van der Waals surface area contributed by atoms with E-state index in [4.69, 9.17) is 42.1 Å². The first kappa shape index (κ1) is 53.5. The van der Waals surface area contributed by atoms with Gasteiger partial charge in [0.2, 0.25) is 0 Å². The fourth-order valence-electron chi connectivity index (χ4n) is 8.07. The number of nitrogens with zero attached hydrogens (tertiary/aromatic N) is 6. The lowest BCUT2D eigenvalue weighted by atomic mass is 9.85. The fraction of sp³-hybridized carbons (Fsp3) is 0.298. The van der Waals surface area contributed by atoms with E-state index in [1.807, 2.05) is 86.0 Å². The van der Waals surface area contributed by atoms with Gasteiger partial charge >= 0.3 is 0 Å². The first-order valence-corrected chi connectivity index (χ1v) is 25.0. The number of hydrogen-bond donors (Lipinski definition) is 5. The van der Waals surface area contributed by atoms with Gasteiger partial charge in [0, 0.05) is 78.0 Å². The van der Waals surface area contributed by atoms with E-state index in [2.05, 4.69) is 51.5 Å². The molecule has 386 valence electrons. The van der Waals surface area contributed by atoms with Crippen molar-refractivity contribution in [1.82, 2.24) is 34.8 Å². The summed E-state index contributed by atoms with van der Waals surface area (Å²) in [5.74, 6) is 3.33. The molecule has 8 aromatic rings. The van der Waals surface area contributed by atoms with Crippen LogP contribution in [0.1, 0.15) is 64.8 Å². The van der Waals surface area contributed by atoms with Crippen LogP contribution in [0, 0.1) is 19.3 Å². The van der Waals surface area contributed by atoms with Crippen molar-refractivity contribution in [3.63, 3.8) is 0 Å². The van der Waals surface area contributed by atoms with Crippen LogP contribution in [0.2, 0.25) is 10.0 Å². The van der Waals surface area contributed by atoms with Crippen LogP contribution in [0.5, 0.6) is 23.0 Å². The maximum atomic E-state index is 10.0. The summed E-state index contributed by atoms with van der Waals surface area (Å²) >= 11 is 13.8. The third-order valence-corrected chi connectivity index (χ3v) is 13.8. The Kier molecular flexibility index (Phi) is 17.7. The molecule has 0 aliphatic rings. The number of ether oxygens (including phenoxy) is 4. The maximum absolute atomic E-state index is 10.0. The summed E-state index contributed by atoms with van der Waals surface area (Å²) in [7, 11) is 0. The summed E-state index contributed by atoms with van der Waals surface area (Å²) in [6, 6.07) is 30.7. The second kappa shape index (κ2) is 24.5. The van der Waals surface area contributed by atoms with Crippen molar-refractivity contribution < 1.29 is 39.4 Å². The Morgan fingerprint density at radius 3 is 1.45 bits per heavy atom. The minimum absolute atomic E-state index is 0.164. The molecular formula is C57H61Cl2N7O8. The van der Waals surface area contributed by atoms with Crippen LogP contribution in [0.15, 0.2) is 134 Å². The van der Waals surface area contributed by atoms with E-state index in [0.29, 0.717) is 63.1 Å². The number of aromatic nitrogens is 6. The monoisotopic (exact) mass is 1040 g/mol. The van der Waals surface area contributed by atoms with Gasteiger partial charge in [-0.1, -0.05) is 78.7 Å². The third kappa shape index (κ3) is 13.1. The highest BCUT2D eigenvalue weighted by atomic mass is 35.5. The number of halogens is 2. The number of rotatable bonds is 25. The summed E-state index contributed by atoms with van der Waals surface area (Å²) in [6.07, 6.45) is 11.5. The highest BCUT2D eigenvalue weighted by Crippen LogP contribution is 2.39. The Balaban J connectivity index is 0.978. The minimum Gasteiger partial charge on any atom is -0.488 e. The van der Waals surface area contributed by atoms with Crippen LogP contribution in [0.25, 0.3) is 22.8 Å².